The van der Waals surface area contributed by atoms with Gasteiger partial charge >= 0.3 is 0 Å². The lowest BCUT2D eigenvalue weighted by molar-refractivity contribution is 0.0956. The maximum absolute atomic E-state index is 6.05. The minimum absolute atomic E-state index is 0.00565. The lowest BCUT2D eigenvalue weighted by atomic mass is 9.89. The Labute approximate surface area is 108 Å². The first-order valence-corrected chi connectivity index (χ1v) is 6.23. The van der Waals surface area contributed by atoms with Crippen LogP contribution in [0.25, 0.3) is 10.9 Å². The molecule has 3 nitrogen and oxygen atoms in total. The monoisotopic (exact) mass is 244 g/mol. The zero-order valence-electron chi connectivity index (χ0n) is 11.2. The van der Waals surface area contributed by atoms with Gasteiger partial charge < -0.3 is 10.5 Å². The largest absolute Gasteiger partial charge is 0.486 e. The molecule has 0 fully saturated rings. The highest BCUT2D eigenvalue weighted by Crippen LogP contribution is 2.28. The molecule has 0 amide bonds. The first-order chi connectivity index (χ1) is 8.52. The molecule has 0 aliphatic heterocycles. The number of benzene rings is 1. The summed E-state index contributed by atoms with van der Waals surface area (Å²) < 4.78 is 6.05. The van der Waals surface area contributed by atoms with E-state index in [-0.39, 0.29) is 11.5 Å². The van der Waals surface area contributed by atoms with Crippen LogP contribution in [0.5, 0.6) is 5.75 Å². The van der Waals surface area contributed by atoms with Crippen LogP contribution in [0.15, 0.2) is 36.5 Å². The van der Waals surface area contributed by atoms with Crippen molar-refractivity contribution in [2.45, 2.75) is 26.9 Å². The third-order valence-electron chi connectivity index (χ3n) is 3.04. The molecule has 2 N–H and O–H groups in total. The number of ether oxygens (including phenoxy) is 1. The van der Waals surface area contributed by atoms with Crippen molar-refractivity contribution in [3.63, 3.8) is 0 Å². The maximum atomic E-state index is 6.05. The molecule has 0 spiro atoms. The van der Waals surface area contributed by atoms with E-state index in [4.69, 9.17) is 10.5 Å². The average molecular weight is 244 g/mol. The molecule has 2 rings (SSSR count). The Balaban J connectivity index is 2.37. The van der Waals surface area contributed by atoms with Crippen molar-refractivity contribution in [2.75, 3.05) is 6.54 Å². The van der Waals surface area contributed by atoms with Gasteiger partial charge in [-0.2, -0.15) is 0 Å². The average Bonchev–Trinajstić information content (AvgIpc) is 2.34. The number of para-hydroxylation sites is 1. The predicted molar refractivity (Wildman–Crippen MR) is 74.7 cm³/mol. The van der Waals surface area contributed by atoms with Crippen molar-refractivity contribution in [1.29, 1.82) is 0 Å². The van der Waals surface area contributed by atoms with Gasteiger partial charge in [0.2, 0.25) is 0 Å². The molecule has 2 aromatic rings. The Morgan fingerprint density at radius 3 is 2.61 bits per heavy atom. The summed E-state index contributed by atoms with van der Waals surface area (Å²) in [5.41, 5.74) is 6.70. The Morgan fingerprint density at radius 1 is 1.22 bits per heavy atom. The van der Waals surface area contributed by atoms with Crippen LogP contribution in [-0.4, -0.2) is 17.6 Å². The summed E-state index contributed by atoms with van der Waals surface area (Å²) >= 11 is 0. The molecule has 1 aromatic heterocycles. The van der Waals surface area contributed by atoms with E-state index in [1.54, 1.807) is 6.20 Å². The number of nitrogens with zero attached hydrogens (tertiary/aromatic N) is 1. The summed E-state index contributed by atoms with van der Waals surface area (Å²) in [6, 6.07) is 9.92. The van der Waals surface area contributed by atoms with Crippen molar-refractivity contribution in [3.8, 4) is 5.75 Å². The Bertz CT molecular complexity index is 526. The van der Waals surface area contributed by atoms with Gasteiger partial charge in [0, 0.05) is 23.5 Å². The minimum atomic E-state index is -0.0230. The summed E-state index contributed by atoms with van der Waals surface area (Å²) in [7, 11) is 0. The fourth-order valence-electron chi connectivity index (χ4n) is 1.90. The van der Waals surface area contributed by atoms with Crippen molar-refractivity contribution >= 4 is 10.9 Å². The van der Waals surface area contributed by atoms with Crippen LogP contribution in [-0.2, 0) is 0 Å². The zero-order chi connectivity index (χ0) is 13.2. The van der Waals surface area contributed by atoms with Crippen LogP contribution in [0.2, 0.25) is 0 Å². The van der Waals surface area contributed by atoms with Crippen LogP contribution in [0.1, 0.15) is 20.8 Å². The van der Waals surface area contributed by atoms with Crippen molar-refractivity contribution in [2.24, 2.45) is 11.1 Å². The highest BCUT2D eigenvalue weighted by atomic mass is 16.5. The summed E-state index contributed by atoms with van der Waals surface area (Å²) in [6.45, 7) is 6.88. The van der Waals surface area contributed by atoms with E-state index < -0.39 is 0 Å². The van der Waals surface area contributed by atoms with Gasteiger partial charge in [0.1, 0.15) is 17.4 Å². The van der Waals surface area contributed by atoms with Gasteiger partial charge in [0.05, 0.1) is 0 Å². The molecule has 1 heterocycles. The summed E-state index contributed by atoms with van der Waals surface area (Å²) in [5, 5.41) is 1.08. The molecule has 18 heavy (non-hydrogen) atoms. The van der Waals surface area contributed by atoms with Gasteiger partial charge in [-0.15, -0.1) is 0 Å². The standard InChI is InChI=1S/C15H20N2O/c1-15(2,3)13(10-16)18-12-8-4-6-11-7-5-9-17-14(11)12/h4-9,13H,10,16H2,1-3H3. The van der Waals surface area contributed by atoms with Gasteiger partial charge in [-0.3, -0.25) is 4.98 Å². The molecule has 0 bridgehead atoms. The first-order valence-electron chi connectivity index (χ1n) is 6.23. The molecule has 0 radical (unpaired) electrons. The molecule has 0 aliphatic carbocycles. The highest BCUT2D eigenvalue weighted by molar-refractivity contribution is 5.84. The van der Waals surface area contributed by atoms with Crippen LogP contribution >= 0.6 is 0 Å². The fourth-order valence-corrected chi connectivity index (χ4v) is 1.90. The van der Waals surface area contributed by atoms with E-state index in [9.17, 15) is 0 Å². The van der Waals surface area contributed by atoms with E-state index in [0.29, 0.717) is 6.54 Å². The Kier molecular flexibility index (Phi) is 3.53. The van der Waals surface area contributed by atoms with E-state index in [1.807, 2.05) is 30.3 Å². The van der Waals surface area contributed by atoms with Gasteiger partial charge in [0.15, 0.2) is 0 Å². The van der Waals surface area contributed by atoms with Crippen LogP contribution < -0.4 is 10.5 Å². The third-order valence-corrected chi connectivity index (χ3v) is 3.04. The normalized spacial score (nSPS) is 13.6. The van der Waals surface area contributed by atoms with Gasteiger partial charge in [0.25, 0.3) is 0 Å². The summed E-state index contributed by atoms with van der Waals surface area (Å²) in [4.78, 5) is 4.38. The quantitative estimate of drug-likeness (QED) is 0.903. The maximum Gasteiger partial charge on any atom is 0.146 e. The second kappa shape index (κ2) is 4.94. The molecule has 0 saturated heterocycles. The molecule has 0 aliphatic rings. The van der Waals surface area contributed by atoms with Gasteiger partial charge in [-0.05, 0) is 12.1 Å². The SMILES string of the molecule is CC(C)(C)C(CN)Oc1cccc2cccnc12. The molecular weight excluding hydrogens is 224 g/mol. The van der Waals surface area contributed by atoms with Crippen molar-refractivity contribution < 1.29 is 4.74 Å². The minimum Gasteiger partial charge on any atom is -0.486 e. The summed E-state index contributed by atoms with van der Waals surface area (Å²) in [5.74, 6) is 0.804. The number of aromatic nitrogens is 1. The molecule has 1 atom stereocenters. The zero-order valence-corrected chi connectivity index (χ0v) is 11.2. The van der Waals surface area contributed by atoms with Crippen molar-refractivity contribution in [3.05, 3.63) is 36.5 Å². The smallest absolute Gasteiger partial charge is 0.146 e. The van der Waals surface area contributed by atoms with Crippen LogP contribution in [0.4, 0.5) is 0 Å². The van der Waals surface area contributed by atoms with Gasteiger partial charge in [-0.1, -0.05) is 39.0 Å². The van der Waals surface area contributed by atoms with E-state index >= 15 is 0 Å². The van der Waals surface area contributed by atoms with Crippen LogP contribution in [0, 0.1) is 5.41 Å². The third kappa shape index (κ3) is 2.62. The number of pyridine rings is 1. The topological polar surface area (TPSA) is 48.1 Å². The Hall–Kier alpha value is -1.61. The predicted octanol–water partition coefficient (Wildman–Crippen LogP) is 2.99. The van der Waals surface area contributed by atoms with Crippen molar-refractivity contribution in [1.82, 2.24) is 4.98 Å². The van der Waals surface area contributed by atoms with E-state index in [2.05, 4.69) is 25.8 Å². The summed E-state index contributed by atoms with van der Waals surface area (Å²) in [6.07, 6.45) is 1.76. The number of fused-ring (bicyclic) bond motifs is 1. The molecule has 3 heteroatoms. The number of nitrogens with two attached hydrogens (primary N) is 1. The molecule has 1 aromatic carbocycles. The van der Waals surface area contributed by atoms with E-state index in [1.165, 1.54) is 0 Å². The van der Waals surface area contributed by atoms with Gasteiger partial charge in [-0.25, -0.2) is 0 Å². The number of hydrogen-bond donors (Lipinski definition) is 1. The Morgan fingerprint density at radius 2 is 1.94 bits per heavy atom. The van der Waals surface area contributed by atoms with Crippen LogP contribution in [0.3, 0.4) is 0 Å². The molecule has 0 saturated carbocycles. The number of rotatable bonds is 3. The highest BCUT2D eigenvalue weighted by Gasteiger charge is 2.25. The molecule has 1 unspecified atom stereocenters. The molecule has 96 valence electrons. The van der Waals surface area contributed by atoms with E-state index in [0.717, 1.165) is 16.7 Å². The lowest BCUT2D eigenvalue weighted by Crippen LogP contribution is -2.38. The second-order valence-electron chi connectivity index (χ2n) is 5.54. The fraction of sp³-hybridized carbons (Fsp3) is 0.400. The first kappa shape index (κ1) is 12.8. The molecular formula is C15H20N2O. The lowest BCUT2D eigenvalue weighted by Gasteiger charge is -2.30. The number of hydrogen-bond acceptors (Lipinski definition) is 3. The second-order valence-corrected chi connectivity index (χ2v) is 5.54.